The molecular weight excluding hydrogens is 347 g/mol. The summed E-state index contributed by atoms with van der Waals surface area (Å²) >= 11 is 0. The van der Waals surface area contributed by atoms with Crippen molar-refractivity contribution in [2.24, 2.45) is 0 Å². The van der Waals surface area contributed by atoms with E-state index in [1.165, 1.54) is 24.3 Å². The van der Waals surface area contributed by atoms with Crippen LogP contribution in [-0.2, 0) is 4.74 Å². The lowest BCUT2D eigenvalue weighted by Crippen LogP contribution is -2.16. The number of rotatable bonds is 4. The minimum atomic E-state index is -1.16. The van der Waals surface area contributed by atoms with Gasteiger partial charge in [-0.05, 0) is 43.3 Å². The molecule has 1 aromatic heterocycles. The molecule has 0 saturated carbocycles. The maximum Gasteiger partial charge on any atom is 0.340 e. The summed E-state index contributed by atoms with van der Waals surface area (Å²) in [5.41, 5.74) is 0.716. The zero-order valence-corrected chi connectivity index (χ0v) is 13.6. The number of esters is 1. The van der Waals surface area contributed by atoms with Gasteiger partial charge in [0.25, 0.3) is 0 Å². The first-order chi connectivity index (χ1) is 12.3. The number of carbonyl (C=O) groups is 2. The van der Waals surface area contributed by atoms with Crippen molar-refractivity contribution in [3.63, 3.8) is 0 Å². The van der Waals surface area contributed by atoms with Gasteiger partial charge in [0.15, 0.2) is 24.0 Å². The molecule has 3 rings (SSSR count). The van der Waals surface area contributed by atoms with Crippen molar-refractivity contribution < 1.29 is 27.5 Å². The van der Waals surface area contributed by atoms with Crippen molar-refractivity contribution >= 4 is 22.7 Å². The molecule has 132 valence electrons. The highest BCUT2D eigenvalue weighted by atomic mass is 19.2. The lowest BCUT2D eigenvalue weighted by molar-refractivity contribution is 0.0473. The van der Waals surface area contributed by atoms with Crippen molar-refractivity contribution in [2.75, 3.05) is 6.61 Å². The molecule has 0 N–H and O–H groups in total. The maximum absolute atomic E-state index is 13.2. The van der Waals surface area contributed by atoms with Gasteiger partial charge >= 0.3 is 5.97 Å². The minimum absolute atomic E-state index is 0.111. The van der Waals surface area contributed by atoms with Crippen molar-refractivity contribution in [3.05, 3.63) is 76.7 Å². The fourth-order valence-electron chi connectivity index (χ4n) is 2.40. The predicted octanol–water partition coefficient (Wildman–Crippen LogP) is 4.00. The normalized spacial score (nSPS) is 10.8. The molecule has 0 fully saturated rings. The molecule has 0 aliphatic rings. The van der Waals surface area contributed by atoms with E-state index in [9.17, 15) is 22.8 Å². The van der Waals surface area contributed by atoms with Crippen LogP contribution in [0, 0.1) is 24.4 Å². The zero-order chi connectivity index (χ0) is 18.8. The Morgan fingerprint density at radius 3 is 2.50 bits per heavy atom. The van der Waals surface area contributed by atoms with E-state index in [1.54, 1.807) is 6.92 Å². The number of aromatic nitrogens is 1. The Kier molecular flexibility index (Phi) is 4.71. The van der Waals surface area contributed by atoms with Crippen molar-refractivity contribution in [1.29, 1.82) is 0 Å². The van der Waals surface area contributed by atoms with Crippen LogP contribution in [-0.4, -0.2) is 23.3 Å². The maximum atomic E-state index is 13.2. The van der Waals surface area contributed by atoms with E-state index < -0.39 is 35.8 Å². The highest BCUT2D eigenvalue weighted by Gasteiger charge is 2.17. The number of nitrogens with zero attached hydrogens (tertiary/aromatic N) is 1. The number of ether oxygens (including phenoxy) is 1. The average Bonchev–Trinajstić information content (AvgIpc) is 2.61. The highest BCUT2D eigenvalue weighted by molar-refractivity contribution is 6.00. The summed E-state index contributed by atoms with van der Waals surface area (Å²) in [6.07, 6.45) is 0. The van der Waals surface area contributed by atoms with Gasteiger partial charge in [-0.25, -0.2) is 18.0 Å². The van der Waals surface area contributed by atoms with E-state index in [1.807, 2.05) is 0 Å². The van der Waals surface area contributed by atoms with Gasteiger partial charge in [0, 0.05) is 17.0 Å². The van der Waals surface area contributed by atoms with Crippen LogP contribution in [0.5, 0.6) is 0 Å². The van der Waals surface area contributed by atoms with Gasteiger partial charge in [0.05, 0.1) is 16.8 Å². The molecule has 4 nitrogen and oxygen atoms in total. The number of carbonyl (C=O) groups excluding carboxylic acids is 2. The Balaban J connectivity index is 1.76. The summed E-state index contributed by atoms with van der Waals surface area (Å²) in [6.45, 7) is 0.920. The molecule has 0 saturated heterocycles. The first-order valence-corrected chi connectivity index (χ1v) is 7.57. The summed E-state index contributed by atoms with van der Waals surface area (Å²) in [5.74, 6) is -4.16. The monoisotopic (exact) mass is 359 g/mol. The van der Waals surface area contributed by atoms with Gasteiger partial charge < -0.3 is 4.74 Å². The number of halogens is 3. The Labute approximate surface area is 146 Å². The predicted molar refractivity (Wildman–Crippen MR) is 87.4 cm³/mol. The molecule has 7 heteroatoms. The summed E-state index contributed by atoms with van der Waals surface area (Å²) < 4.78 is 44.2. The number of benzene rings is 2. The number of hydrogen-bond acceptors (Lipinski definition) is 4. The van der Waals surface area contributed by atoms with Gasteiger partial charge in [0.1, 0.15) is 5.82 Å². The standard InChI is InChI=1S/C19H12F3NO3/c1-10-14(6-11-2-4-13(20)8-17(11)23-10)19(25)26-9-18(24)12-3-5-15(21)16(22)7-12/h2-8H,9H2,1H3. The number of pyridine rings is 1. The Hall–Kier alpha value is -3.22. The molecule has 0 aliphatic carbocycles. The Morgan fingerprint density at radius 1 is 1.00 bits per heavy atom. The largest absolute Gasteiger partial charge is 0.454 e. The smallest absolute Gasteiger partial charge is 0.340 e. The van der Waals surface area contributed by atoms with Gasteiger partial charge in [-0.15, -0.1) is 0 Å². The number of ketones is 1. The topological polar surface area (TPSA) is 56.3 Å². The molecule has 0 bridgehead atoms. The molecule has 1 heterocycles. The van der Waals surface area contributed by atoms with E-state index in [2.05, 4.69) is 4.98 Å². The molecule has 0 unspecified atom stereocenters. The van der Waals surface area contributed by atoms with Crippen LogP contribution in [0.15, 0.2) is 42.5 Å². The fraction of sp³-hybridized carbons (Fsp3) is 0.105. The molecule has 0 amide bonds. The quantitative estimate of drug-likeness (QED) is 0.522. The minimum Gasteiger partial charge on any atom is -0.454 e. The number of aryl methyl sites for hydroxylation is 1. The third kappa shape index (κ3) is 3.56. The van der Waals surface area contributed by atoms with Crippen LogP contribution >= 0.6 is 0 Å². The second-order valence-electron chi connectivity index (χ2n) is 5.59. The average molecular weight is 359 g/mol. The van der Waals surface area contributed by atoms with Crippen LogP contribution in [0.1, 0.15) is 26.4 Å². The SMILES string of the molecule is Cc1nc2cc(F)ccc2cc1C(=O)OCC(=O)c1ccc(F)c(F)c1. The second kappa shape index (κ2) is 6.95. The zero-order valence-electron chi connectivity index (χ0n) is 13.6. The first-order valence-electron chi connectivity index (χ1n) is 7.57. The van der Waals surface area contributed by atoms with E-state index >= 15 is 0 Å². The van der Waals surface area contributed by atoms with E-state index in [0.717, 1.165) is 18.2 Å². The third-order valence-electron chi connectivity index (χ3n) is 3.77. The molecule has 2 aromatic carbocycles. The van der Waals surface area contributed by atoms with Crippen LogP contribution in [0.2, 0.25) is 0 Å². The summed E-state index contributed by atoms with van der Waals surface area (Å²) in [6, 6.07) is 8.10. The summed E-state index contributed by atoms with van der Waals surface area (Å²) in [7, 11) is 0. The molecule has 0 atom stereocenters. The van der Waals surface area contributed by atoms with Crippen molar-refractivity contribution in [3.8, 4) is 0 Å². The number of hydrogen-bond donors (Lipinski definition) is 0. The summed E-state index contributed by atoms with van der Waals surface area (Å²) in [4.78, 5) is 28.3. The molecule has 3 aromatic rings. The van der Waals surface area contributed by atoms with Crippen LogP contribution in [0.3, 0.4) is 0 Å². The number of fused-ring (bicyclic) bond motifs is 1. The highest BCUT2D eigenvalue weighted by Crippen LogP contribution is 2.18. The van der Waals surface area contributed by atoms with E-state index in [-0.39, 0.29) is 11.1 Å². The third-order valence-corrected chi connectivity index (χ3v) is 3.77. The molecule has 0 spiro atoms. The van der Waals surface area contributed by atoms with Gasteiger partial charge in [-0.2, -0.15) is 0 Å². The van der Waals surface area contributed by atoms with Gasteiger partial charge in [0.2, 0.25) is 0 Å². The molecule has 26 heavy (non-hydrogen) atoms. The first kappa shape index (κ1) is 17.6. The van der Waals surface area contributed by atoms with Gasteiger partial charge in [-0.3, -0.25) is 9.78 Å². The Bertz CT molecular complexity index is 1030. The van der Waals surface area contributed by atoms with Crippen molar-refractivity contribution in [2.45, 2.75) is 6.92 Å². The lowest BCUT2D eigenvalue weighted by atomic mass is 10.1. The fourth-order valence-corrected chi connectivity index (χ4v) is 2.40. The van der Waals surface area contributed by atoms with Crippen LogP contribution < -0.4 is 0 Å². The molecular formula is C19H12F3NO3. The van der Waals surface area contributed by atoms with Crippen LogP contribution in [0.25, 0.3) is 10.9 Å². The molecule has 0 aliphatic heterocycles. The second-order valence-corrected chi connectivity index (χ2v) is 5.59. The number of Topliss-reactive ketones (excluding diaryl/α,β-unsaturated/α-hetero) is 1. The van der Waals surface area contributed by atoms with Gasteiger partial charge in [-0.1, -0.05) is 0 Å². The summed E-state index contributed by atoms with van der Waals surface area (Å²) in [5, 5.41) is 0.538. The lowest BCUT2D eigenvalue weighted by Gasteiger charge is -2.08. The van der Waals surface area contributed by atoms with Crippen LogP contribution in [0.4, 0.5) is 13.2 Å². The van der Waals surface area contributed by atoms with E-state index in [4.69, 9.17) is 4.74 Å². The van der Waals surface area contributed by atoms with E-state index in [0.29, 0.717) is 16.6 Å². The Morgan fingerprint density at radius 2 is 1.77 bits per heavy atom. The van der Waals surface area contributed by atoms with Crippen molar-refractivity contribution in [1.82, 2.24) is 4.98 Å². The molecule has 0 radical (unpaired) electrons.